The van der Waals surface area contributed by atoms with Crippen LogP contribution in [-0.2, 0) is 9.59 Å². The summed E-state index contributed by atoms with van der Waals surface area (Å²) in [5.41, 5.74) is 0.787. The average Bonchev–Trinajstić information content (AvgIpc) is 2.94. The predicted molar refractivity (Wildman–Crippen MR) is 116 cm³/mol. The fourth-order valence-electron chi connectivity index (χ4n) is 3.53. The number of thioether (sulfide) groups is 1. The molecule has 2 heterocycles. The van der Waals surface area contributed by atoms with Crippen LogP contribution in [0.2, 0.25) is 5.02 Å². The highest BCUT2D eigenvalue weighted by molar-refractivity contribution is 8.26. The third-order valence-corrected chi connectivity index (χ3v) is 6.76. The van der Waals surface area contributed by atoms with Crippen LogP contribution >= 0.6 is 35.6 Å². The Hall–Kier alpha value is -1.37. The number of carbonyl (C=O) groups excluding carboxylic acids is 2. The highest BCUT2D eigenvalue weighted by atomic mass is 35.5. The monoisotopic (exact) mass is 422 g/mol. The number of halogens is 1. The van der Waals surface area contributed by atoms with Crippen molar-refractivity contribution in [3.8, 4) is 0 Å². The smallest absolute Gasteiger partial charge is 0.266 e. The van der Waals surface area contributed by atoms with Crippen LogP contribution < -0.4 is 0 Å². The van der Waals surface area contributed by atoms with Gasteiger partial charge in [-0.05, 0) is 43.4 Å². The minimum Gasteiger partial charge on any atom is -0.340 e. The van der Waals surface area contributed by atoms with Crippen LogP contribution in [0, 0.1) is 0 Å². The lowest BCUT2D eigenvalue weighted by molar-refractivity contribution is -0.135. The standard InChI is InChI=1S/C20H23ClN2O2S2/c1-2-15-8-5-6-11-22(15)18(24)10-12-23-19(25)17(27-20(23)26)13-14-7-3-4-9-16(14)21/h3-4,7,9,13,15H,2,5-6,8,10-12H2,1H3. The van der Waals surface area contributed by atoms with E-state index in [1.165, 1.54) is 23.1 Å². The van der Waals surface area contributed by atoms with E-state index in [1.807, 2.05) is 23.1 Å². The lowest BCUT2D eigenvalue weighted by atomic mass is 9.99. The van der Waals surface area contributed by atoms with Gasteiger partial charge in [-0.2, -0.15) is 0 Å². The van der Waals surface area contributed by atoms with Crippen LogP contribution in [0.1, 0.15) is 44.6 Å². The molecule has 0 N–H and O–H groups in total. The summed E-state index contributed by atoms with van der Waals surface area (Å²) in [6, 6.07) is 7.70. The Balaban J connectivity index is 1.64. The van der Waals surface area contributed by atoms with Gasteiger partial charge in [0.05, 0.1) is 4.91 Å². The number of likely N-dealkylation sites (tertiary alicyclic amines) is 1. The number of rotatable bonds is 5. The van der Waals surface area contributed by atoms with Gasteiger partial charge in [-0.25, -0.2) is 0 Å². The van der Waals surface area contributed by atoms with Crippen molar-refractivity contribution >= 4 is 57.8 Å². The molecule has 144 valence electrons. The Kier molecular flexibility index (Phi) is 6.95. The van der Waals surface area contributed by atoms with Crippen molar-refractivity contribution < 1.29 is 9.59 Å². The van der Waals surface area contributed by atoms with Gasteiger partial charge >= 0.3 is 0 Å². The summed E-state index contributed by atoms with van der Waals surface area (Å²) < 4.78 is 0.497. The molecule has 2 aliphatic heterocycles. The molecule has 1 unspecified atom stereocenters. The van der Waals surface area contributed by atoms with Gasteiger partial charge in [0.15, 0.2) is 0 Å². The van der Waals surface area contributed by atoms with E-state index in [1.54, 1.807) is 12.1 Å². The molecule has 0 bridgehead atoms. The first-order chi connectivity index (χ1) is 13.0. The van der Waals surface area contributed by atoms with E-state index in [0.717, 1.165) is 31.4 Å². The molecule has 2 aliphatic rings. The number of amides is 2. The third kappa shape index (κ3) is 4.73. The van der Waals surface area contributed by atoms with Crippen LogP contribution in [0.5, 0.6) is 0 Å². The molecule has 7 heteroatoms. The van der Waals surface area contributed by atoms with E-state index in [2.05, 4.69) is 6.92 Å². The van der Waals surface area contributed by atoms with Gasteiger partial charge < -0.3 is 4.90 Å². The minimum atomic E-state index is -0.150. The maximum atomic E-state index is 12.7. The van der Waals surface area contributed by atoms with Crippen molar-refractivity contribution in [2.45, 2.75) is 45.1 Å². The molecule has 27 heavy (non-hydrogen) atoms. The summed E-state index contributed by atoms with van der Waals surface area (Å²) in [6.07, 6.45) is 6.37. The van der Waals surface area contributed by atoms with Crippen LogP contribution in [-0.4, -0.2) is 45.1 Å². The molecular weight excluding hydrogens is 400 g/mol. The Morgan fingerprint density at radius 1 is 1.37 bits per heavy atom. The number of carbonyl (C=O) groups is 2. The topological polar surface area (TPSA) is 40.6 Å². The van der Waals surface area contributed by atoms with Gasteiger partial charge in [-0.3, -0.25) is 14.5 Å². The van der Waals surface area contributed by atoms with E-state index in [4.69, 9.17) is 23.8 Å². The Morgan fingerprint density at radius 2 is 2.15 bits per heavy atom. The quantitative estimate of drug-likeness (QED) is 0.508. The molecule has 4 nitrogen and oxygen atoms in total. The van der Waals surface area contributed by atoms with Gasteiger partial charge in [0, 0.05) is 30.6 Å². The Bertz CT molecular complexity index is 781. The fraction of sp³-hybridized carbons (Fsp3) is 0.450. The highest BCUT2D eigenvalue weighted by Crippen LogP contribution is 2.34. The molecule has 0 aliphatic carbocycles. The van der Waals surface area contributed by atoms with E-state index in [0.29, 0.717) is 33.3 Å². The number of benzene rings is 1. The van der Waals surface area contributed by atoms with Crippen molar-refractivity contribution in [2.75, 3.05) is 13.1 Å². The summed E-state index contributed by atoms with van der Waals surface area (Å²) in [4.78, 5) is 29.4. The Labute approximate surface area is 174 Å². The lowest BCUT2D eigenvalue weighted by Gasteiger charge is -2.35. The van der Waals surface area contributed by atoms with Crippen molar-refractivity contribution in [2.24, 2.45) is 0 Å². The van der Waals surface area contributed by atoms with Crippen molar-refractivity contribution in [1.82, 2.24) is 9.80 Å². The maximum Gasteiger partial charge on any atom is 0.266 e. The van der Waals surface area contributed by atoms with E-state index < -0.39 is 0 Å². The van der Waals surface area contributed by atoms with Gasteiger partial charge in [0.25, 0.3) is 5.91 Å². The fourth-order valence-corrected chi connectivity index (χ4v) is 5.02. The van der Waals surface area contributed by atoms with Gasteiger partial charge in [0.2, 0.25) is 5.91 Å². The summed E-state index contributed by atoms with van der Waals surface area (Å²) in [7, 11) is 0. The molecule has 2 fully saturated rings. The zero-order valence-electron chi connectivity index (χ0n) is 15.3. The molecule has 1 aromatic carbocycles. The normalized spacial score (nSPS) is 22.0. The second-order valence-electron chi connectivity index (χ2n) is 6.75. The molecule has 0 aromatic heterocycles. The average molecular weight is 423 g/mol. The molecule has 1 atom stereocenters. The van der Waals surface area contributed by atoms with E-state index >= 15 is 0 Å². The Morgan fingerprint density at radius 3 is 2.89 bits per heavy atom. The van der Waals surface area contributed by atoms with Crippen LogP contribution in [0.3, 0.4) is 0 Å². The first kappa shape index (κ1) is 20.4. The molecule has 1 aromatic rings. The second kappa shape index (κ2) is 9.22. The summed E-state index contributed by atoms with van der Waals surface area (Å²) in [6.45, 7) is 3.27. The molecule has 0 radical (unpaired) electrons. The van der Waals surface area contributed by atoms with Gasteiger partial charge in [-0.1, -0.05) is 60.7 Å². The first-order valence-corrected chi connectivity index (χ1v) is 10.9. The maximum absolute atomic E-state index is 12.7. The van der Waals surface area contributed by atoms with E-state index in [9.17, 15) is 9.59 Å². The van der Waals surface area contributed by atoms with Gasteiger partial charge in [-0.15, -0.1) is 0 Å². The van der Waals surface area contributed by atoms with Gasteiger partial charge in [0.1, 0.15) is 4.32 Å². The molecule has 3 rings (SSSR count). The molecule has 2 saturated heterocycles. The number of nitrogens with zero attached hydrogens (tertiary/aromatic N) is 2. The SMILES string of the molecule is CCC1CCCCN1C(=O)CCN1C(=O)C(=Cc2ccccc2Cl)SC1=S. The summed E-state index contributed by atoms with van der Waals surface area (Å²) in [5, 5.41) is 0.591. The van der Waals surface area contributed by atoms with Crippen LogP contribution in [0.4, 0.5) is 0 Å². The predicted octanol–water partition coefficient (Wildman–Crippen LogP) is 4.72. The van der Waals surface area contributed by atoms with Crippen LogP contribution in [0.25, 0.3) is 6.08 Å². The summed E-state index contributed by atoms with van der Waals surface area (Å²) >= 11 is 12.8. The minimum absolute atomic E-state index is 0.116. The molecular formula is C20H23ClN2O2S2. The lowest BCUT2D eigenvalue weighted by Crippen LogP contribution is -2.44. The molecule has 0 spiro atoms. The third-order valence-electron chi connectivity index (χ3n) is 5.03. The number of thiocarbonyl (C=S) groups is 1. The molecule has 2 amide bonds. The highest BCUT2D eigenvalue weighted by Gasteiger charge is 2.33. The number of hydrogen-bond donors (Lipinski definition) is 0. The zero-order chi connectivity index (χ0) is 19.4. The zero-order valence-corrected chi connectivity index (χ0v) is 17.7. The molecule has 0 saturated carbocycles. The second-order valence-corrected chi connectivity index (χ2v) is 8.83. The first-order valence-electron chi connectivity index (χ1n) is 9.30. The summed E-state index contributed by atoms with van der Waals surface area (Å²) in [5.74, 6) is -0.0333. The van der Waals surface area contributed by atoms with Crippen molar-refractivity contribution in [3.05, 3.63) is 39.8 Å². The number of piperidine rings is 1. The van der Waals surface area contributed by atoms with E-state index in [-0.39, 0.29) is 11.8 Å². The van der Waals surface area contributed by atoms with Crippen LogP contribution in [0.15, 0.2) is 29.2 Å². The van der Waals surface area contributed by atoms with Crippen molar-refractivity contribution in [3.63, 3.8) is 0 Å². The largest absolute Gasteiger partial charge is 0.340 e. The number of hydrogen-bond acceptors (Lipinski definition) is 4. The van der Waals surface area contributed by atoms with Crippen molar-refractivity contribution in [1.29, 1.82) is 0 Å².